The van der Waals surface area contributed by atoms with Gasteiger partial charge in [-0.15, -0.1) is 11.3 Å². The third-order valence-electron chi connectivity index (χ3n) is 5.12. The number of hydrogen-bond acceptors (Lipinski definition) is 5. The monoisotopic (exact) mass is 529 g/mol. The molecule has 0 bridgehead atoms. The van der Waals surface area contributed by atoms with E-state index < -0.39 is 21.2 Å². The third-order valence-corrected chi connectivity index (χ3v) is 8.86. The predicted octanol–water partition coefficient (Wildman–Crippen LogP) is 5.13. The molecular formula is C20H21BrClN3O3S2. The lowest BCUT2D eigenvalue weighted by Crippen LogP contribution is -2.35. The Morgan fingerprint density at radius 1 is 1.40 bits per heavy atom. The smallest absolute Gasteiger partial charge is 0.284 e. The van der Waals surface area contributed by atoms with Crippen molar-refractivity contribution in [2.24, 2.45) is 0 Å². The van der Waals surface area contributed by atoms with E-state index in [0.29, 0.717) is 31.6 Å². The van der Waals surface area contributed by atoms with Crippen molar-refractivity contribution in [3.8, 4) is 0 Å². The molecule has 2 aromatic heterocycles. The van der Waals surface area contributed by atoms with Gasteiger partial charge in [-0.3, -0.25) is 4.79 Å². The van der Waals surface area contributed by atoms with Gasteiger partial charge in [-0.05, 0) is 42.3 Å². The van der Waals surface area contributed by atoms with Gasteiger partial charge >= 0.3 is 0 Å². The molecule has 1 aliphatic carbocycles. The Hall–Kier alpha value is -1.42. The van der Waals surface area contributed by atoms with Crippen LogP contribution in [0, 0.1) is 0 Å². The second-order valence-corrected chi connectivity index (χ2v) is 11.5. The molecule has 0 saturated heterocycles. The minimum Gasteiger partial charge on any atom is -0.318 e. The summed E-state index contributed by atoms with van der Waals surface area (Å²) >= 11 is 11.6. The number of aromatic nitrogens is 2. The van der Waals surface area contributed by atoms with Crippen molar-refractivity contribution in [2.75, 3.05) is 0 Å². The van der Waals surface area contributed by atoms with E-state index in [4.69, 9.17) is 11.6 Å². The Morgan fingerprint density at radius 3 is 2.87 bits per heavy atom. The number of fused-ring (bicyclic) bond motifs is 1. The summed E-state index contributed by atoms with van der Waals surface area (Å²) in [6.07, 6.45) is 3.67. The van der Waals surface area contributed by atoms with Crippen LogP contribution < -0.4 is 4.72 Å². The summed E-state index contributed by atoms with van der Waals surface area (Å²) in [6, 6.07) is 6.01. The van der Waals surface area contributed by atoms with Crippen LogP contribution in [0.2, 0.25) is 5.15 Å². The summed E-state index contributed by atoms with van der Waals surface area (Å²) in [5.74, 6) is -0.0389. The Morgan fingerprint density at radius 2 is 2.17 bits per heavy atom. The minimum absolute atomic E-state index is 0.0307. The van der Waals surface area contributed by atoms with Gasteiger partial charge in [0.25, 0.3) is 5.91 Å². The van der Waals surface area contributed by atoms with E-state index in [0.717, 1.165) is 33.0 Å². The number of nitrogens with zero attached hydrogens (tertiary/aromatic N) is 2. The van der Waals surface area contributed by atoms with E-state index in [1.165, 1.54) is 0 Å². The fourth-order valence-corrected chi connectivity index (χ4v) is 6.71. The van der Waals surface area contributed by atoms with Gasteiger partial charge in [0.15, 0.2) is 5.15 Å². The molecular weight excluding hydrogens is 510 g/mol. The average Bonchev–Trinajstić information content (AvgIpc) is 3.41. The van der Waals surface area contributed by atoms with Crippen LogP contribution in [0.5, 0.6) is 0 Å². The van der Waals surface area contributed by atoms with Gasteiger partial charge in [-0.2, -0.15) is 0 Å². The van der Waals surface area contributed by atoms with E-state index >= 15 is 0 Å². The molecule has 30 heavy (non-hydrogen) atoms. The van der Waals surface area contributed by atoms with Crippen LogP contribution in [0.1, 0.15) is 54.5 Å². The fourth-order valence-electron chi connectivity index (χ4n) is 3.41. The number of rotatable bonds is 8. The van der Waals surface area contributed by atoms with Gasteiger partial charge in [0.05, 0.1) is 11.8 Å². The molecule has 1 aromatic carbocycles. The topological polar surface area (TPSA) is 81.1 Å². The molecule has 0 atom stereocenters. The van der Waals surface area contributed by atoms with Crippen LogP contribution in [-0.4, -0.2) is 29.1 Å². The van der Waals surface area contributed by atoms with Crippen LogP contribution >= 0.6 is 38.9 Å². The zero-order chi connectivity index (χ0) is 21.5. The first kappa shape index (κ1) is 21.8. The normalized spacial score (nSPS) is 14.4. The number of halogens is 2. The number of unbranched alkanes of at least 4 members (excludes halogenated alkanes) is 1. The molecule has 0 spiro atoms. The largest absolute Gasteiger partial charge is 0.318 e. The van der Waals surface area contributed by atoms with E-state index in [2.05, 4.69) is 37.9 Å². The van der Waals surface area contributed by atoms with Crippen molar-refractivity contribution in [3.63, 3.8) is 0 Å². The molecule has 6 nitrogen and oxygen atoms in total. The Bertz CT molecular complexity index is 1220. The lowest BCUT2D eigenvalue weighted by atomic mass is 10.1. The second kappa shape index (κ2) is 8.61. The van der Waals surface area contributed by atoms with E-state index in [9.17, 15) is 13.2 Å². The summed E-state index contributed by atoms with van der Waals surface area (Å²) < 4.78 is 30.7. The molecule has 4 rings (SSSR count). The van der Waals surface area contributed by atoms with Gasteiger partial charge in [0.2, 0.25) is 10.0 Å². The summed E-state index contributed by atoms with van der Waals surface area (Å²) in [7, 11) is -3.68. The van der Waals surface area contributed by atoms with Crippen molar-refractivity contribution >= 4 is 64.9 Å². The second-order valence-electron chi connectivity index (χ2n) is 7.41. The highest BCUT2D eigenvalue weighted by Crippen LogP contribution is 2.34. The highest BCUT2D eigenvalue weighted by atomic mass is 79.9. The van der Waals surface area contributed by atoms with E-state index in [1.807, 2.05) is 18.2 Å². The first-order chi connectivity index (χ1) is 14.3. The zero-order valence-corrected chi connectivity index (χ0v) is 20.3. The number of nitrogens with one attached hydrogen (secondary N) is 1. The molecule has 1 N–H and O–H groups in total. The van der Waals surface area contributed by atoms with E-state index in [1.54, 1.807) is 15.9 Å². The van der Waals surface area contributed by atoms with Crippen LogP contribution in [0.4, 0.5) is 0 Å². The molecule has 1 aliphatic rings. The molecule has 1 saturated carbocycles. The molecule has 0 aliphatic heterocycles. The number of aryl methyl sites for hydroxylation is 1. The molecule has 3 aromatic rings. The number of carbonyl (C=O) groups is 1. The number of amides is 1. The van der Waals surface area contributed by atoms with Crippen LogP contribution in [0.15, 0.2) is 28.1 Å². The number of imidazole rings is 1. The number of carbonyl (C=O) groups excluding carboxylic acids is 1. The molecule has 1 amide bonds. The zero-order valence-electron chi connectivity index (χ0n) is 16.3. The third kappa shape index (κ3) is 4.30. The van der Waals surface area contributed by atoms with Gasteiger partial charge in [0.1, 0.15) is 11.5 Å². The maximum absolute atomic E-state index is 12.9. The Kier molecular flexibility index (Phi) is 6.25. The van der Waals surface area contributed by atoms with Crippen molar-refractivity contribution in [2.45, 2.75) is 50.8 Å². The first-order valence-electron chi connectivity index (χ1n) is 9.77. The van der Waals surface area contributed by atoms with Crippen LogP contribution in [0.25, 0.3) is 10.1 Å². The molecule has 0 radical (unpaired) electrons. The van der Waals surface area contributed by atoms with Gasteiger partial charge in [-0.1, -0.05) is 46.9 Å². The Balaban J connectivity index is 1.75. The lowest BCUT2D eigenvalue weighted by Gasteiger charge is -2.13. The predicted molar refractivity (Wildman–Crippen MR) is 124 cm³/mol. The number of thiophene rings is 1. The standard InChI is InChI=1S/C20H21BrClN3O3S2/c1-2-3-7-16-23-19(22)18(20(26)24-30(27,28)13-8-9-13)25(16)10-12-11-29-15-6-4-5-14(21)17(12)15/h4-6,11,13H,2-3,7-10H2,1H3,(H,24,26). The Labute approximate surface area is 192 Å². The summed E-state index contributed by atoms with van der Waals surface area (Å²) in [6.45, 7) is 2.46. The van der Waals surface area contributed by atoms with Crippen molar-refractivity contribution in [1.82, 2.24) is 14.3 Å². The highest BCUT2D eigenvalue weighted by molar-refractivity contribution is 9.10. The lowest BCUT2D eigenvalue weighted by molar-refractivity contribution is 0.0972. The van der Waals surface area contributed by atoms with Crippen molar-refractivity contribution in [3.05, 3.63) is 50.3 Å². The number of hydrogen-bond donors (Lipinski definition) is 1. The SMILES string of the molecule is CCCCc1nc(Cl)c(C(=O)NS(=O)(=O)C2CC2)n1Cc1csc2cccc(Br)c12. The molecule has 160 valence electrons. The highest BCUT2D eigenvalue weighted by Gasteiger charge is 2.38. The summed E-state index contributed by atoms with van der Waals surface area (Å²) in [4.78, 5) is 17.3. The maximum Gasteiger partial charge on any atom is 0.284 e. The quantitative estimate of drug-likeness (QED) is 0.438. The number of sulfonamides is 1. The molecule has 2 heterocycles. The van der Waals surface area contributed by atoms with Crippen LogP contribution in [-0.2, 0) is 23.0 Å². The maximum atomic E-state index is 12.9. The first-order valence-corrected chi connectivity index (χ1v) is 13.4. The van der Waals surface area contributed by atoms with Gasteiger partial charge in [-0.25, -0.2) is 18.1 Å². The van der Waals surface area contributed by atoms with E-state index in [-0.39, 0.29) is 10.8 Å². The van der Waals surface area contributed by atoms with Crippen molar-refractivity contribution < 1.29 is 13.2 Å². The van der Waals surface area contributed by atoms with Crippen LogP contribution in [0.3, 0.4) is 0 Å². The fraction of sp³-hybridized carbons (Fsp3) is 0.400. The molecule has 1 fully saturated rings. The van der Waals surface area contributed by atoms with Crippen molar-refractivity contribution in [1.29, 1.82) is 0 Å². The molecule has 0 unspecified atom stereocenters. The molecule has 10 heteroatoms. The minimum atomic E-state index is -3.68. The van der Waals surface area contributed by atoms with Gasteiger partial charge < -0.3 is 4.57 Å². The number of benzene rings is 1. The average molecular weight is 531 g/mol. The van der Waals surface area contributed by atoms with Gasteiger partial charge in [0, 0.05) is 21.0 Å². The summed E-state index contributed by atoms with van der Waals surface area (Å²) in [5.41, 5.74) is 1.12. The summed E-state index contributed by atoms with van der Waals surface area (Å²) in [5, 5.41) is 2.66.